The Morgan fingerprint density at radius 1 is 1.67 bits per heavy atom. The molecule has 1 rings (SSSR count). The summed E-state index contributed by atoms with van der Waals surface area (Å²) in [5.74, 6) is 0. The van der Waals surface area contributed by atoms with Crippen LogP contribution in [0.4, 0.5) is 0 Å². The molecule has 4 heteroatoms. The van der Waals surface area contributed by atoms with Crippen LogP contribution >= 0.6 is 0 Å². The van der Waals surface area contributed by atoms with Crippen molar-refractivity contribution in [2.24, 2.45) is 0 Å². The van der Waals surface area contributed by atoms with Gasteiger partial charge in [-0.15, -0.1) is 0 Å². The summed E-state index contributed by atoms with van der Waals surface area (Å²) in [7, 11) is 0. The summed E-state index contributed by atoms with van der Waals surface area (Å²) in [4.78, 5) is 3.98. The predicted molar refractivity (Wildman–Crippen MR) is 33.3 cm³/mol. The summed E-state index contributed by atoms with van der Waals surface area (Å²) in [6, 6.07) is 3.16. The van der Waals surface area contributed by atoms with Gasteiger partial charge in [-0.1, -0.05) is 0 Å². The number of rotatable bonds is 1. The van der Waals surface area contributed by atoms with E-state index in [2.05, 4.69) is 4.98 Å². The lowest BCUT2D eigenvalue weighted by molar-refractivity contribution is 0.564. The average molecular weight is 143 g/mol. The first kappa shape index (κ1) is 6.38. The molecule has 9 heavy (non-hydrogen) atoms. The molecular formula is C5H5NO2S. The zero-order valence-corrected chi connectivity index (χ0v) is 5.34. The summed E-state index contributed by atoms with van der Waals surface area (Å²) in [5.41, 5.74) is 0. The van der Waals surface area contributed by atoms with Crippen LogP contribution in [0.5, 0.6) is 0 Å². The quantitative estimate of drug-likeness (QED) is 0.587. The lowest BCUT2D eigenvalue weighted by Crippen LogP contribution is -1.86. The van der Waals surface area contributed by atoms with Crippen LogP contribution in [-0.2, 0) is 11.1 Å². The van der Waals surface area contributed by atoms with Crippen LogP contribution in [0.1, 0.15) is 0 Å². The van der Waals surface area contributed by atoms with Crippen molar-refractivity contribution in [2.75, 3.05) is 0 Å². The summed E-state index contributed by atoms with van der Waals surface area (Å²) in [6.07, 6.45) is 2.91. The van der Waals surface area contributed by atoms with Crippen molar-refractivity contribution in [3.63, 3.8) is 0 Å². The third-order valence-electron chi connectivity index (χ3n) is 0.836. The third kappa shape index (κ3) is 1.58. The second-order valence-electron chi connectivity index (χ2n) is 1.44. The smallest absolute Gasteiger partial charge is 0.188 e. The summed E-state index contributed by atoms with van der Waals surface area (Å²) >= 11 is -1.89. The molecular weight excluding hydrogens is 138 g/mol. The molecule has 0 aliphatic heterocycles. The van der Waals surface area contributed by atoms with E-state index in [4.69, 9.17) is 4.55 Å². The Kier molecular flexibility index (Phi) is 1.92. The molecule has 0 aromatic carbocycles. The molecule has 0 saturated heterocycles. The van der Waals surface area contributed by atoms with Crippen molar-refractivity contribution in [3.8, 4) is 0 Å². The zero-order valence-electron chi connectivity index (χ0n) is 4.52. The van der Waals surface area contributed by atoms with E-state index < -0.39 is 11.1 Å². The van der Waals surface area contributed by atoms with Crippen molar-refractivity contribution >= 4 is 11.1 Å². The number of hydrogen-bond acceptors (Lipinski definition) is 2. The lowest BCUT2D eigenvalue weighted by Gasteiger charge is -1.88. The topological polar surface area (TPSA) is 50.2 Å². The van der Waals surface area contributed by atoms with Crippen LogP contribution in [0.3, 0.4) is 0 Å². The first-order chi connectivity index (χ1) is 4.30. The Morgan fingerprint density at radius 2 is 2.44 bits per heavy atom. The van der Waals surface area contributed by atoms with E-state index in [1.807, 2.05) is 0 Å². The number of pyridine rings is 1. The number of hydrogen-bond donors (Lipinski definition) is 1. The summed E-state index contributed by atoms with van der Waals surface area (Å²) in [6.45, 7) is 0. The Morgan fingerprint density at radius 3 is 2.78 bits per heavy atom. The molecule has 0 radical (unpaired) electrons. The number of aromatic nitrogens is 1. The standard InChI is InChI=1S/C5H5NO2S/c7-9(8)5-2-1-3-6-4-5/h1-4H,(H,7,8). The van der Waals surface area contributed by atoms with Gasteiger partial charge in [-0.3, -0.25) is 4.98 Å². The van der Waals surface area contributed by atoms with E-state index >= 15 is 0 Å². The molecule has 0 fully saturated rings. The van der Waals surface area contributed by atoms with Gasteiger partial charge in [0.2, 0.25) is 0 Å². The molecule has 0 bridgehead atoms. The maximum absolute atomic E-state index is 10.3. The van der Waals surface area contributed by atoms with Gasteiger partial charge in [0.05, 0.1) is 4.90 Å². The molecule has 0 aliphatic carbocycles. The molecule has 0 spiro atoms. The second-order valence-corrected chi connectivity index (χ2v) is 2.41. The lowest BCUT2D eigenvalue weighted by atomic mass is 10.5. The van der Waals surface area contributed by atoms with Crippen LogP contribution in [0.15, 0.2) is 29.4 Å². The van der Waals surface area contributed by atoms with Crippen LogP contribution in [0.25, 0.3) is 0 Å². The molecule has 3 nitrogen and oxygen atoms in total. The minimum absolute atomic E-state index is 0.331. The SMILES string of the molecule is O=S(O)c1cccnc1. The van der Waals surface area contributed by atoms with Crippen molar-refractivity contribution < 1.29 is 8.76 Å². The van der Waals surface area contributed by atoms with Gasteiger partial charge >= 0.3 is 0 Å². The van der Waals surface area contributed by atoms with Crippen LogP contribution in [0, 0.1) is 0 Å². The van der Waals surface area contributed by atoms with Crippen molar-refractivity contribution in [2.45, 2.75) is 4.90 Å². The van der Waals surface area contributed by atoms with Gasteiger partial charge in [0, 0.05) is 12.4 Å². The fourth-order valence-electron chi connectivity index (χ4n) is 0.450. The highest BCUT2D eigenvalue weighted by Gasteiger charge is 1.94. The molecule has 1 N–H and O–H groups in total. The molecule has 1 aromatic heterocycles. The minimum atomic E-state index is -1.89. The molecule has 1 heterocycles. The highest BCUT2D eigenvalue weighted by Crippen LogP contribution is 1.98. The van der Waals surface area contributed by atoms with Gasteiger partial charge < -0.3 is 4.55 Å². The molecule has 1 atom stereocenters. The Hall–Kier alpha value is -0.740. The molecule has 1 aromatic rings. The van der Waals surface area contributed by atoms with Crippen molar-refractivity contribution in [1.29, 1.82) is 0 Å². The highest BCUT2D eigenvalue weighted by molar-refractivity contribution is 7.79. The first-order valence-electron chi connectivity index (χ1n) is 2.31. The second kappa shape index (κ2) is 2.70. The number of nitrogens with zero attached hydrogens (tertiary/aromatic N) is 1. The summed E-state index contributed by atoms with van der Waals surface area (Å²) < 4.78 is 18.7. The van der Waals surface area contributed by atoms with E-state index in [0.29, 0.717) is 4.90 Å². The molecule has 0 saturated carbocycles. The first-order valence-corrected chi connectivity index (χ1v) is 3.42. The van der Waals surface area contributed by atoms with Gasteiger partial charge in [-0.05, 0) is 12.1 Å². The van der Waals surface area contributed by atoms with E-state index in [0.717, 1.165) is 0 Å². The van der Waals surface area contributed by atoms with Gasteiger partial charge in [0.25, 0.3) is 0 Å². The molecule has 0 aliphatic rings. The molecule has 1 unspecified atom stereocenters. The normalized spacial score (nSPS) is 13.0. The van der Waals surface area contributed by atoms with Gasteiger partial charge in [0.1, 0.15) is 0 Å². The maximum atomic E-state index is 10.3. The van der Waals surface area contributed by atoms with E-state index in [-0.39, 0.29) is 0 Å². The van der Waals surface area contributed by atoms with Gasteiger partial charge in [0.15, 0.2) is 11.1 Å². The molecule has 48 valence electrons. The third-order valence-corrected chi connectivity index (χ3v) is 1.48. The summed E-state index contributed by atoms with van der Waals surface area (Å²) in [5, 5.41) is 0. The Bertz CT molecular complexity index is 211. The highest BCUT2D eigenvalue weighted by atomic mass is 32.2. The monoisotopic (exact) mass is 143 g/mol. The fraction of sp³-hybridized carbons (Fsp3) is 0. The van der Waals surface area contributed by atoms with Gasteiger partial charge in [-0.25, -0.2) is 4.21 Å². The van der Waals surface area contributed by atoms with E-state index in [9.17, 15) is 4.21 Å². The largest absolute Gasteiger partial charge is 0.302 e. The van der Waals surface area contributed by atoms with E-state index in [1.54, 1.807) is 18.3 Å². The van der Waals surface area contributed by atoms with Gasteiger partial charge in [-0.2, -0.15) is 0 Å². The van der Waals surface area contributed by atoms with Crippen LogP contribution in [0.2, 0.25) is 0 Å². The fourth-order valence-corrected chi connectivity index (χ4v) is 0.796. The predicted octanol–water partition coefficient (Wildman–Crippen LogP) is 0.662. The van der Waals surface area contributed by atoms with Crippen molar-refractivity contribution in [1.82, 2.24) is 4.98 Å². The maximum Gasteiger partial charge on any atom is 0.188 e. The van der Waals surface area contributed by atoms with Crippen LogP contribution in [-0.4, -0.2) is 13.7 Å². The zero-order chi connectivity index (χ0) is 6.69. The van der Waals surface area contributed by atoms with E-state index in [1.165, 1.54) is 6.20 Å². The van der Waals surface area contributed by atoms with Crippen molar-refractivity contribution in [3.05, 3.63) is 24.5 Å². The Balaban J connectivity index is 2.98. The molecule has 0 amide bonds. The average Bonchev–Trinajstić information content (AvgIpc) is 1.90. The van der Waals surface area contributed by atoms with Crippen LogP contribution < -0.4 is 0 Å². The Labute approximate surface area is 55.0 Å². The minimum Gasteiger partial charge on any atom is -0.302 e.